The molecule has 53 heavy (non-hydrogen) atoms. The van der Waals surface area contributed by atoms with Crippen LogP contribution in [0.1, 0.15) is 66.2 Å². The number of aromatic nitrogens is 4. The van der Waals surface area contributed by atoms with Crippen molar-refractivity contribution in [3.8, 4) is 11.6 Å². The monoisotopic (exact) mass is 758 g/mol. The predicted octanol–water partition coefficient (Wildman–Crippen LogP) is 4.02. The first-order valence-electron chi connectivity index (χ1n) is 16.9. The number of nitrogens with two attached hydrogens (primary N) is 1. The number of hydrogen-bond acceptors (Lipinski definition) is 15. The number of nitrogens with zero attached hydrogens (tertiary/aromatic N) is 4. The van der Waals surface area contributed by atoms with Gasteiger partial charge in [-0.05, 0) is 69.0 Å². The minimum absolute atomic E-state index is 0.100. The SMILES string of the molecule is COC(=O)[C@@H](C)c1ccc2cc(OP(=O)(N[C@H](C(=O)OC(C)(C)C)C(C)C)OC[C@H]3OC(n4cnc5c(OC)nc(N)nc54)[C@](C)(O)[C@@H]3O)ccc2c1. The molecule has 2 unspecified atom stereocenters. The van der Waals surface area contributed by atoms with Gasteiger partial charge in [-0.2, -0.15) is 15.1 Å². The van der Waals surface area contributed by atoms with Gasteiger partial charge >= 0.3 is 19.7 Å². The van der Waals surface area contributed by atoms with E-state index in [1.165, 1.54) is 32.0 Å². The number of ether oxygens (including phenoxy) is 4. The van der Waals surface area contributed by atoms with Crippen LogP contribution in [0.5, 0.6) is 11.6 Å². The van der Waals surface area contributed by atoms with Gasteiger partial charge in [0.25, 0.3) is 0 Å². The van der Waals surface area contributed by atoms with Crippen LogP contribution in [0.2, 0.25) is 0 Å². The third-order valence-corrected chi connectivity index (χ3v) is 10.3. The van der Waals surface area contributed by atoms with Crippen LogP contribution in [0.25, 0.3) is 21.9 Å². The number of anilines is 1. The summed E-state index contributed by atoms with van der Waals surface area (Å²) in [6, 6.07) is 9.18. The number of hydrogen-bond donors (Lipinski definition) is 4. The second-order valence-electron chi connectivity index (χ2n) is 14.4. The van der Waals surface area contributed by atoms with Gasteiger partial charge in [0.1, 0.15) is 35.2 Å². The van der Waals surface area contributed by atoms with Crippen LogP contribution in [-0.4, -0.2) is 91.9 Å². The number of carbonyl (C=O) groups excluding carboxylic acids is 2. The lowest BCUT2D eigenvalue weighted by atomic mass is 9.96. The Hall–Kier alpha value is -4.38. The number of esters is 2. The summed E-state index contributed by atoms with van der Waals surface area (Å²) in [5.74, 6) is -1.88. The average molecular weight is 759 g/mol. The molecule has 0 spiro atoms. The number of methoxy groups -OCH3 is 2. The molecule has 288 valence electrons. The van der Waals surface area contributed by atoms with Gasteiger partial charge in [-0.3, -0.25) is 18.7 Å². The Labute approximate surface area is 306 Å². The van der Waals surface area contributed by atoms with Crippen molar-refractivity contribution in [2.45, 2.75) is 90.1 Å². The van der Waals surface area contributed by atoms with E-state index in [-0.39, 0.29) is 34.7 Å². The highest BCUT2D eigenvalue weighted by molar-refractivity contribution is 7.52. The van der Waals surface area contributed by atoms with Gasteiger partial charge in [-0.25, -0.2) is 9.55 Å². The smallest absolute Gasteiger partial charge is 0.459 e. The number of fused-ring (bicyclic) bond motifs is 2. The van der Waals surface area contributed by atoms with Gasteiger partial charge in [-0.1, -0.05) is 38.1 Å². The van der Waals surface area contributed by atoms with Crippen molar-refractivity contribution in [2.24, 2.45) is 5.92 Å². The van der Waals surface area contributed by atoms with Crippen molar-refractivity contribution in [3.63, 3.8) is 0 Å². The van der Waals surface area contributed by atoms with Crippen LogP contribution in [-0.2, 0) is 32.9 Å². The molecule has 1 fully saturated rings. The number of aliphatic hydroxyl groups excluding tert-OH is 1. The zero-order chi connectivity index (χ0) is 39.0. The first-order chi connectivity index (χ1) is 24.8. The number of rotatable bonds is 13. The Morgan fingerprint density at radius 2 is 1.77 bits per heavy atom. The number of imidazole rings is 1. The van der Waals surface area contributed by atoms with Crippen molar-refractivity contribution in [1.82, 2.24) is 24.6 Å². The van der Waals surface area contributed by atoms with Crippen LogP contribution in [0, 0.1) is 5.92 Å². The minimum Gasteiger partial charge on any atom is -0.479 e. The summed E-state index contributed by atoms with van der Waals surface area (Å²) >= 11 is 0. The predicted molar refractivity (Wildman–Crippen MR) is 193 cm³/mol. The average Bonchev–Trinajstić information content (AvgIpc) is 3.60. The molecule has 0 aliphatic carbocycles. The lowest BCUT2D eigenvalue weighted by Crippen LogP contribution is -2.45. The van der Waals surface area contributed by atoms with Crippen molar-refractivity contribution in [1.29, 1.82) is 0 Å². The number of nitrogens with one attached hydrogen (secondary N) is 1. The lowest BCUT2D eigenvalue weighted by Gasteiger charge is -2.30. The molecular weight excluding hydrogens is 711 g/mol. The summed E-state index contributed by atoms with van der Waals surface area (Å²) in [5, 5.41) is 27.0. The van der Waals surface area contributed by atoms with Gasteiger partial charge in [0.15, 0.2) is 17.4 Å². The number of carbonyl (C=O) groups is 2. The number of benzene rings is 2. The van der Waals surface area contributed by atoms with Crippen LogP contribution in [0.3, 0.4) is 0 Å². The van der Waals surface area contributed by atoms with E-state index in [9.17, 15) is 24.4 Å². The molecule has 18 heteroatoms. The molecule has 0 radical (unpaired) electrons. The van der Waals surface area contributed by atoms with E-state index < -0.39 is 67.8 Å². The van der Waals surface area contributed by atoms with Gasteiger partial charge < -0.3 is 39.4 Å². The van der Waals surface area contributed by atoms with Crippen molar-refractivity contribution in [2.75, 3.05) is 26.6 Å². The fourth-order valence-electron chi connectivity index (χ4n) is 5.89. The summed E-state index contributed by atoms with van der Waals surface area (Å²) in [6.07, 6.45) is -2.77. The molecule has 4 aromatic rings. The van der Waals surface area contributed by atoms with Crippen LogP contribution in [0.4, 0.5) is 5.95 Å². The standard InChI is InChI=1S/C35H47N6O11P/c1-18(2)25(31(44)51-34(4,5)6)40-53(46,52-23-13-12-21-14-20(10-11-22(21)15-23)19(3)30(43)48-9)49-16-24-27(42)35(7,45)32(50-24)41-17-37-26-28(41)38-33(36)39-29(26)47-8/h10-15,17-19,24-25,27,32,42,45H,16H2,1-9H3,(H,40,46)(H2,36,38,39)/t19-,24+,25-,27+,32?,35+,53?/m0/s1. The molecule has 2 aromatic heterocycles. The topological polar surface area (TPSA) is 229 Å². The molecule has 1 saturated heterocycles. The summed E-state index contributed by atoms with van der Waals surface area (Å²) in [6.45, 7) is 11.1. The van der Waals surface area contributed by atoms with Crippen molar-refractivity contribution in [3.05, 3.63) is 48.3 Å². The molecule has 7 atom stereocenters. The van der Waals surface area contributed by atoms with E-state index >= 15 is 0 Å². The molecule has 0 saturated carbocycles. The molecular formula is C35H47N6O11P. The van der Waals surface area contributed by atoms with E-state index in [4.69, 9.17) is 33.7 Å². The minimum atomic E-state index is -4.51. The van der Waals surface area contributed by atoms with E-state index in [0.29, 0.717) is 5.39 Å². The summed E-state index contributed by atoms with van der Waals surface area (Å²) in [7, 11) is -1.78. The van der Waals surface area contributed by atoms with Gasteiger partial charge in [0, 0.05) is 0 Å². The quantitative estimate of drug-likeness (QED) is 0.111. The molecule has 1 aliphatic rings. The second-order valence-corrected chi connectivity index (χ2v) is 16.1. The van der Waals surface area contributed by atoms with E-state index in [1.807, 2.05) is 6.07 Å². The molecule has 17 nitrogen and oxygen atoms in total. The highest BCUT2D eigenvalue weighted by Crippen LogP contribution is 2.48. The van der Waals surface area contributed by atoms with Gasteiger partial charge in [0.2, 0.25) is 11.8 Å². The van der Waals surface area contributed by atoms with E-state index in [1.54, 1.807) is 71.9 Å². The van der Waals surface area contributed by atoms with Gasteiger partial charge in [-0.15, -0.1) is 0 Å². The fraction of sp³-hybridized carbons (Fsp3) is 0.514. The number of aliphatic hydroxyl groups is 2. The third-order valence-electron chi connectivity index (χ3n) is 8.76. The molecule has 3 heterocycles. The Morgan fingerprint density at radius 1 is 1.09 bits per heavy atom. The zero-order valence-corrected chi connectivity index (χ0v) is 32.0. The van der Waals surface area contributed by atoms with Crippen LogP contribution >= 0.6 is 7.75 Å². The normalized spacial score (nSPS) is 22.8. The Morgan fingerprint density at radius 3 is 2.42 bits per heavy atom. The maximum atomic E-state index is 14.7. The zero-order valence-electron chi connectivity index (χ0n) is 31.1. The summed E-state index contributed by atoms with van der Waals surface area (Å²) in [5.41, 5.74) is 4.24. The fourth-order valence-corrected chi connectivity index (χ4v) is 7.55. The third kappa shape index (κ3) is 8.56. The van der Waals surface area contributed by atoms with Gasteiger partial charge in [0.05, 0.1) is 33.1 Å². The van der Waals surface area contributed by atoms with Crippen molar-refractivity contribution >= 4 is 47.6 Å². The largest absolute Gasteiger partial charge is 0.479 e. The second kappa shape index (κ2) is 15.2. The molecule has 5 N–H and O–H groups in total. The summed E-state index contributed by atoms with van der Waals surface area (Å²) in [4.78, 5) is 37.9. The highest BCUT2D eigenvalue weighted by atomic mass is 31.2. The van der Waals surface area contributed by atoms with Crippen LogP contribution < -0.4 is 20.1 Å². The Kier molecular flexibility index (Phi) is 11.4. The van der Waals surface area contributed by atoms with Crippen molar-refractivity contribution < 1.29 is 52.4 Å². The van der Waals surface area contributed by atoms with E-state index in [0.717, 1.165) is 10.9 Å². The maximum absolute atomic E-state index is 14.7. The highest BCUT2D eigenvalue weighted by Gasteiger charge is 2.54. The molecule has 1 aliphatic heterocycles. The number of nitrogen functional groups attached to an aromatic ring is 1. The first kappa shape index (κ1) is 39.8. The maximum Gasteiger partial charge on any atom is 0.459 e. The molecule has 5 rings (SSSR count). The molecule has 2 aromatic carbocycles. The van der Waals surface area contributed by atoms with E-state index in [2.05, 4.69) is 20.0 Å². The molecule has 0 amide bonds. The lowest BCUT2D eigenvalue weighted by molar-refractivity contribution is -0.158. The Bertz CT molecular complexity index is 2030. The molecule has 0 bridgehead atoms. The van der Waals surface area contributed by atoms with Crippen LogP contribution in [0.15, 0.2) is 42.7 Å². The summed E-state index contributed by atoms with van der Waals surface area (Å²) < 4.78 is 49.9. The Balaban J connectivity index is 1.44. The first-order valence-corrected chi connectivity index (χ1v) is 18.5.